The molecule has 0 aliphatic rings. The standard InChI is InChI=1S/C14H18N2O2S/c1-4-8-16(9-5-2)19(17,18)14-7-6-13(11-15)12(3)10-14/h4,6-7,10H,1,5,8-9H2,2-3H3. The van der Waals surface area contributed by atoms with E-state index >= 15 is 0 Å². The highest BCUT2D eigenvalue weighted by atomic mass is 32.2. The molecule has 1 aromatic rings. The fourth-order valence-corrected chi connectivity index (χ4v) is 3.36. The predicted molar refractivity (Wildman–Crippen MR) is 75.1 cm³/mol. The van der Waals surface area contributed by atoms with E-state index in [0.717, 1.165) is 6.42 Å². The molecule has 19 heavy (non-hydrogen) atoms. The number of rotatable bonds is 6. The van der Waals surface area contributed by atoms with Crippen LogP contribution in [0.2, 0.25) is 0 Å². The molecule has 0 unspecified atom stereocenters. The van der Waals surface area contributed by atoms with Gasteiger partial charge in [0.2, 0.25) is 10.0 Å². The number of hydrogen-bond donors (Lipinski definition) is 0. The highest BCUT2D eigenvalue weighted by Gasteiger charge is 2.23. The molecule has 0 amide bonds. The number of hydrogen-bond acceptors (Lipinski definition) is 3. The van der Waals surface area contributed by atoms with Crippen molar-refractivity contribution < 1.29 is 8.42 Å². The third-order valence-corrected chi connectivity index (χ3v) is 4.62. The normalized spacial score (nSPS) is 11.3. The number of nitriles is 1. The van der Waals surface area contributed by atoms with E-state index in [1.54, 1.807) is 25.1 Å². The molecule has 0 aliphatic heterocycles. The SMILES string of the molecule is C=CCN(CCC)S(=O)(=O)c1ccc(C#N)c(C)c1. The first kappa shape index (κ1) is 15.4. The molecule has 0 aromatic heterocycles. The second-order valence-electron chi connectivity index (χ2n) is 4.24. The summed E-state index contributed by atoms with van der Waals surface area (Å²) in [5.74, 6) is 0. The third-order valence-electron chi connectivity index (χ3n) is 2.76. The van der Waals surface area contributed by atoms with Crippen molar-refractivity contribution in [2.75, 3.05) is 13.1 Å². The molecular formula is C14H18N2O2S. The van der Waals surface area contributed by atoms with Crippen LogP contribution in [0.5, 0.6) is 0 Å². The summed E-state index contributed by atoms with van der Waals surface area (Å²) in [6.07, 6.45) is 2.31. The van der Waals surface area contributed by atoms with Gasteiger partial charge in [-0.3, -0.25) is 0 Å². The van der Waals surface area contributed by atoms with Gasteiger partial charge < -0.3 is 0 Å². The first-order valence-corrected chi connectivity index (χ1v) is 7.53. The summed E-state index contributed by atoms with van der Waals surface area (Å²) in [5, 5.41) is 8.87. The summed E-state index contributed by atoms with van der Waals surface area (Å²) in [5.41, 5.74) is 1.16. The summed E-state index contributed by atoms with van der Waals surface area (Å²) in [7, 11) is -3.52. The van der Waals surface area contributed by atoms with Gasteiger partial charge in [0.1, 0.15) is 0 Å². The molecule has 0 atom stereocenters. The van der Waals surface area contributed by atoms with E-state index in [0.29, 0.717) is 17.7 Å². The Morgan fingerprint density at radius 1 is 1.47 bits per heavy atom. The van der Waals surface area contributed by atoms with Gasteiger partial charge in [0.15, 0.2) is 0 Å². The van der Waals surface area contributed by atoms with E-state index < -0.39 is 10.0 Å². The molecule has 0 bridgehead atoms. The van der Waals surface area contributed by atoms with Crippen LogP contribution in [-0.2, 0) is 10.0 Å². The Hall–Kier alpha value is -1.64. The first-order chi connectivity index (χ1) is 8.97. The van der Waals surface area contributed by atoms with Crippen LogP contribution in [0, 0.1) is 18.3 Å². The van der Waals surface area contributed by atoms with Crippen LogP contribution in [0.25, 0.3) is 0 Å². The zero-order chi connectivity index (χ0) is 14.5. The molecule has 1 rings (SSSR count). The van der Waals surface area contributed by atoms with Crippen molar-refractivity contribution in [1.29, 1.82) is 5.26 Å². The van der Waals surface area contributed by atoms with Gasteiger partial charge >= 0.3 is 0 Å². The minimum absolute atomic E-state index is 0.222. The minimum atomic E-state index is -3.52. The lowest BCUT2D eigenvalue weighted by Gasteiger charge is -2.20. The lowest BCUT2D eigenvalue weighted by atomic mass is 10.1. The van der Waals surface area contributed by atoms with Crippen molar-refractivity contribution in [1.82, 2.24) is 4.31 Å². The fraction of sp³-hybridized carbons (Fsp3) is 0.357. The van der Waals surface area contributed by atoms with Crippen molar-refractivity contribution in [2.45, 2.75) is 25.2 Å². The second-order valence-corrected chi connectivity index (χ2v) is 6.18. The van der Waals surface area contributed by atoms with Crippen molar-refractivity contribution in [3.8, 4) is 6.07 Å². The van der Waals surface area contributed by atoms with Crippen molar-refractivity contribution in [2.24, 2.45) is 0 Å². The molecule has 0 heterocycles. The van der Waals surface area contributed by atoms with Gasteiger partial charge in [0, 0.05) is 13.1 Å². The Balaban J connectivity index is 3.22. The molecule has 0 aliphatic carbocycles. The highest BCUT2D eigenvalue weighted by molar-refractivity contribution is 7.89. The van der Waals surface area contributed by atoms with Gasteiger partial charge in [-0.1, -0.05) is 13.0 Å². The maximum atomic E-state index is 12.5. The molecule has 4 nitrogen and oxygen atoms in total. The molecular weight excluding hydrogens is 260 g/mol. The lowest BCUT2D eigenvalue weighted by molar-refractivity contribution is 0.441. The molecule has 0 spiro atoms. The topological polar surface area (TPSA) is 61.2 Å². The number of sulfonamides is 1. The van der Waals surface area contributed by atoms with Crippen molar-refractivity contribution in [3.05, 3.63) is 42.0 Å². The van der Waals surface area contributed by atoms with Crippen LogP contribution in [0.4, 0.5) is 0 Å². The van der Waals surface area contributed by atoms with Gasteiger partial charge in [-0.05, 0) is 37.1 Å². The maximum absolute atomic E-state index is 12.5. The number of nitrogens with zero attached hydrogens (tertiary/aromatic N) is 2. The zero-order valence-electron chi connectivity index (χ0n) is 11.3. The zero-order valence-corrected chi connectivity index (χ0v) is 12.1. The molecule has 5 heteroatoms. The van der Waals surface area contributed by atoms with Crippen LogP contribution in [-0.4, -0.2) is 25.8 Å². The Morgan fingerprint density at radius 2 is 2.16 bits per heavy atom. The highest BCUT2D eigenvalue weighted by Crippen LogP contribution is 2.19. The number of aryl methyl sites for hydroxylation is 1. The van der Waals surface area contributed by atoms with Gasteiger partial charge in [-0.15, -0.1) is 6.58 Å². The van der Waals surface area contributed by atoms with Crippen LogP contribution >= 0.6 is 0 Å². The van der Waals surface area contributed by atoms with Crippen LogP contribution < -0.4 is 0 Å². The smallest absolute Gasteiger partial charge is 0.207 e. The fourth-order valence-electron chi connectivity index (χ4n) is 1.77. The summed E-state index contributed by atoms with van der Waals surface area (Å²) in [4.78, 5) is 0.222. The quantitative estimate of drug-likeness (QED) is 0.751. The average Bonchev–Trinajstić information content (AvgIpc) is 2.38. The second kappa shape index (κ2) is 6.50. The van der Waals surface area contributed by atoms with Gasteiger partial charge in [0.05, 0.1) is 16.5 Å². The summed E-state index contributed by atoms with van der Waals surface area (Å²) >= 11 is 0. The predicted octanol–water partition coefficient (Wildman–Crippen LogP) is 2.45. The van der Waals surface area contributed by atoms with E-state index in [1.807, 2.05) is 13.0 Å². The monoisotopic (exact) mass is 278 g/mol. The summed E-state index contributed by atoms with van der Waals surface area (Å²) in [6, 6.07) is 6.59. The van der Waals surface area contributed by atoms with Gasteiger partial charge in [-0.25, -0.2) is 8.42 Å². The first-order valence-electron chi connectivity index (χ1n) is 6.09. The van der Waals surface area contributed by atoms with E-state index in [2.05, 4.69) is 6.58 Å². The Morgan fingerprint density at radius 3 is 2.63 bits per heavy atom. The van der Waals surface area contributed by atoms with Gasteiger partial charge in [0.25, 0.3) is 0 Å². The molecule has 0 saturated carbocycles. The Labute approximate surface area is 115 Å². The Bertz CT molecular complexity index is 600. The largest absolute Gasteiger partial charge is 0.243 e. The van der Waals surface area contributed by atoms with Crippen molar-refractivity contribution in [3.63, 3.8) is 0 Å². The van der Waals surface area contributed by atoms with E-state index in [4.69, 9.17) is 5.26 Å². The van der Waals surface area contributed by atoms with Crippen LogP contribution in [0.1, 0.15) is 24.5 Å². The Kier molecular flexibility index (Phi) is 5.28. The maximum Gasteiger partial charge on any atom is 0.243 e. The molecule has 0 radical (unpaired) electrons. The van der Waals surface area contributed by atoms with E-state index in [1.165, 1.54) is 10.4 Å². The molecule has 0 fully saturated rings. The third kappa shape index (κ3) is 3.43. The van der Waals surface area contributed by atoms with E-state index in [9.17, 15) is 8.42 Å². The van der Waals surface area contributed by atoms with Crippen molar-refractivity contribution >= 4 is 10.0 Å². The van der Waals surface area contributed by atoms with Gasteiger partial charge in [-0.2, -0.15) is 9.57 Å². The number of benzene rings is 1. The lowest BCUT2D eigenvalue weighted by Crippen LogP contribution is -2.32. The molecule has 0 saturated heterocycles. The van der Waals surface area contributed by atoms with Crippen LogP contribution in [0.3, 0.4) is 0 Å². The van der Waals surface area contributed by atoms with E-state index in [-0.39, 0.29) is 11.4 Å². The summed E-state index contributed by atoms with van der Waals surface area (Å²) in [6.45, 7) is 7.98. The molecule has 0 N–H and O–H groups in total. The summed E-state index contributed by atoms with van der Waals surface area (Å²) < 4.78 is 26.3. The molecule has 1 aromatic carbocycles. The minimum Gasteiger partial charge on any atom is -0.207 e. The molecule has 102 valence electrons. The van der Waals surface area contributed by atoms with Crippen LogP contribution in [0.15, 0.2) is 35.7 Å². The average molecular weight is 278 g/mol.